The first kappa shape index (κ1) is 24.6. The van der Waals surface area contributed by atoms with Crippen LogP contribution in [0.2, 0.25) is 5.02 Å². The minimum Gasteiger partial charge on any atom is -0.495 e. The minimum absolute atomic E-state index is 0.290. The topological polar surface area (TPSA) is 98.3 Å². The van der Waals surface area contributed by atoms with E-state index >= 15 is 0 Å². The molecular weight excluding hydrogens is 511 g/mol. The van der Waals surface area contributed by atoms with E-state index < -0.39 is 11.6 Å². The number of pyridine rings is 1. The summed E-state index contributed by atoms with van der Waals surface area (Å²) in [4.78, 5) is 6.98. The molecule has 1 atom stereocenters. The lowest BCUT2D eigenvalue weighted by molar-refractivity contribution is -0.0712. The van der Waals surface area contributed by atoms with Gasteiger partial charge in [0, 0.05) is 35.8 Å². The second kappa shape index (κ2) is 9.85. The molecule has 0 spiro atoms. The number of fused-ring (bicyclic) bond motifs is 1. The Kier molecular flexibility index (Phi) is 6.37. The molecule has 0 saturated carbocycles. The Morgan fingerprint density at radius 2 is 2.03 bits per heavy atom. The van der Waals surface area contributed by atoms with E-state index in [1.54, 1.807) is 32.4 Å². The van der Waals surface area contributed by atoms with Crippen LogP contribution in [0, 0.1) is 5.82 Å². The first-order chi connectivity index (χ1) is 18.4. The predicted molar refractivity (Wildman–Crippen MR) is 138 cm³/mol. The third-order valence-electron chi connectivity index (χ3n) is 7.19. The number of tetrazole rings is 1. The highest BCUT2D eigenvalue weighted by Crippen LogP contribution is 2.49. The van der Waals surface area contributed by atoms with Crippen molar-refractivity contribution in [2.45, 2.75) is 38.0 Å². The SMILES string of the molecule is COc1cc(-c2nn[nH]n2)cnc1CN1CCC(c2cccc3c2O[C@](C)(c2ccc(Cl)cc2F)O3)CC1. The number of nitrogens with one attached hydrogen (secondary N) is 1. The van der Waals surface area contributed by atoms with E-state index in [2.05, 4.69) is 36.6 Å². The zero-order chi connectivity index (χ0) is 26.3. The molecule has 1 saturated heterocycles. The highest BCUT2D eigenvalue weighted by atomic mass is 35.5. The molecule has 9 nitrogen and oxygen atoms in total. The number of aromatic nitrogens is 5. The zero-order valence-electron chi connectivity index (χ0n) is 20.9. The van der Waals surface area contributed by atoms with Crippen LogP contribution in [0.4, 0.5) is 4.39 Å². The quantitative estimate of drug-likeness (QED) is 0.364. The van der Waals surface area contributed by atoms with Crippen molar-refractivity contribution >= 4 is 11.6 Å². The second-order valence-electron chi connectivity index (χ2n) is 9.61. The fourth-order valence-electron chi connectivity index (χ4n) is 5.23. The molecule has 38 heavy (non-hydrogen) atoms. The number of para-hydroxylation sites is 1. The molecule has 0 amide bonds. The monoisotopic (exact) mass is 536 g/mol. The van der Waals surface area contributed by atoms with Gasteiger partial charge in [0.05, 0.1) is 18.4 Å². The van der Waals surface area contributed by atoms with E-state index in [1.807, 2.05) is 18.2 Å². The summed E-state index contributed by atoms with van der Waals surface area (Å²) in [5.74, 6) is 1.04. The lowest BCUT2D eigenvalue weighted by atomic mass is 9.88. The second-order valence-corrected chi connectivity index (χ2v) is 10.0. The molecule has 6 rings (SSSR count). The summed E-state index contributed by atoms with van der Waals surface area (Å²) in [6.07, 6.45) is 3.62. The van der Waals surface area contributed by atoms with Crippen molar-refractivity contribution in [2.24, 2.45) is 0 Å². The number of rotatable bonds is 6. The zero-order valence-corrected chi connectivity index (χ0v) is 21.7. The summed E-state index contributed by atoms with van der Waals surface area (Å²) in [5.41, 5.74) is 2.99. The van der Waals surface area contributed by atoms with E-state index in [0.717, 1.165) is 42.8 Å². The van der Waals surface area contributed by atoms with Gasteiger partial charge >= 0.3 is 0 Å². The maximum absolute atomic E-state index is 14.7. The van der Waals surface area contributed by atoms with Gasteiger partial charge in [-0.3, -0.25) is 9.88 Å². The van der Waals surface area contributed by atoms with Crippen LogP contribution in [0.1, 0.15) is 42.5 Å². The number of halogens is 2. The van der Waals surface area contributed by atoms with Gasteiger partial charge in [0.1, 0.15) is 11.6 Å². The van der Waals surface area contributed by atoms with Crippen molar-refractivity contribution in [3.63, 3.8) is 0 Å². The predicted octanol–water partition coefficient (Wildman–Crippen LogP) is 5.09. The van der Waals surface area contributed by atoms with Crippen LogP contribution in [0.3, 0.4) is 0 Å². The van der Waals surface area contributed by atoms with Gasteiger partial charge in [-0.05, 0) is 67.4 Å². The number of hydrogen-bond acceptors (Lipinski definition) is 8. The van der Waals surface area contributed by atoms with Gasteiger partial charge in [-0.25, -0.2) is 4.39 Å². The fourth-order valence-corrected chi connectivity index (χ4v) is 5.38. The maximum Gasteiger partial charge on any atom is 0.278 e. The molecule has 0 bridgehead atoms. The number of aromatic amines is 1. The number of nitrogens with zero attached hydrogens (tertiary/aromatic N) is 5. The Balaban J connectivity index is 1.15. The van der Waals surface area contributed by atoms with E-state index in [0.29, 0.717) is 40.2 Å². The number of methoxy groups -OCH3 is 1. The first-order valence-corrected chi connectivity index (χ1v) is 12.8. The number of piperidine rings is 1. The van der Waals surface area contributed by atoms with Crippen molar-refractivity contribution in [3.05, 3.63) is 76.3 Å². The average Bonchev–Trinajstić information content (AvgIpc) is 3.57. The molecule has 0 radical (unpaired) electrons. The smallest absolute Gasteiger partial charge is 0.278 e. The molecule has 2 aromatic carbocycles. The minimum atomic E-state index is -1.26. The molecule has 1 fully saturated rings. The first-order valence-electron chi connectivity index (χ1n) is 12.4. The molecule has 0 aliphatic carbocycles. The summed E-state index contributed by atoms with van der Waals surface area (Å²) >= 11 is 5.95. The molecule has 0 unspecified atom stereocenters. The summed E-state index contributed by atoms with van der Waals surface area (Å²) in [6.45, 7) is 4.17. The molecule has 1 N–H and O–H groups in total. The number of likely N-dealkylation sites (tertiary alicyclic amines) is 1. The van der Waals surface area contributed by atoms with Gasteiger partial charge in [-0.1, -0.05) is 23.7 Å². The van der Waals surface area contributed by atoms with E-state index in [1.165, 1.54) is 6.07 Å². The highest BCUT2D eigenvalue weighted by Gasteiger charge is 2.43. The van der Waals surface area contributed by atoms with Crippen molar-refractivity contribution in [2.75, 3.05) is 20.2 Å². The Bertz CT molecular complexity index is 1460. The molecule has 196 valence electrons. The van der Waals surface area contributed by atoms with Crippen molar-refractivity contribution in [1.82, 2.24) is 30.5 Å². The van der Waals surface area contributed by atoms with Gasteiger partial charge in [0.25, 0.3) is 5.79 Å². The summed E-state index contributed by atoms with van der Waals surface area (Å²) in [5, 5.41) is 14.4. The van der Waals surface area contributed by atoms with Crippen molar-refractivity contribution < 1.29 is 18.6 Å². The number of ether oxygens (including phenoxy) is 3. The number of H-pyrrole nitrogens is 1. The van der Waals surface area contributed by atoms with Crippen LogP contribution in [-0.4, -0.2) is 50.7 Å². The summed E-state index contributed by atoms with van der Waals surface area (Å²) in [7, 11) is 1.63. The Labute approximate surface area is 223 Å². The van der Waals surface area contributed by atoms with Crippen molar-refractivity contribution in [3.8, 4) is 28.6 Å². The average molecular weight is 537 g/mol. The van der Waals surface area contributed by atoms with Crippen LogP contribution in [-0.2, 0) is 12.3 Å². The lowest BCUT2D eigenvalue weighted by Gasteiger charge is -2.32. The number of hydrogen-bond donors (Lipinski definition) is 1. The maximum atomic E-state index is 14.7. The van der Waals surface area contributed by atoms with Gasteiger partial charge in [0.15, 0.2) is 11.5 Å². The largest absolute Gasteiger partial charge is 0.495 e. The third-order valence-corrected chi connectivity index (χ3v) is 7.42. The molecule has 2 aromatic heterocycles. The fraction of sp³-hybridized carbons (Fsp3) is 0.333. The van der Waals surface area contributed by atoms with Gasteiger partial charge in [0.2, 0.25) is 5.82 Å². The highest BCUT2D eigenvalue weighted by molar-refractivity contribution is 6.30. The molecule has 4 aromatic rings. The Morgan fingerprint density at radius 3 is 2.76 bits per heavy atom. The van der Waals surface area contributed by atoms with Crippen LogP contribution < -0.4 is 14.2 Å². The van der Waals surface area contributed by atoms with Gasteiger partial charge in [-0.2, -0.15) is 5.21 Å². The molecular formula is C27H26ClFN6O3. The van der Waals surface area contributed by atoms with E-state index in [9.17, 15) is 4.39 Å². The normalized spacial score (nSPS) is 19.6. The van der Waals surface area contributed by atoms with Crippen LogP contribution in [0.25, 0.3) is 11.4 Å². The standard InChI is InChI=1S/C27H26ClFN6O3/c1-27(20-7-6-18(28)13-21(20)29)37-23-5-3-4-19(25(23)38-27)16-8-10-35(11-9-16)15-22-24(36-2)12-17(14-30-22)26-31-33-34-32-26/h3-7,12-14,16H,8-11,15H2,1-2H3,(H,31,32,33,34)/t27-/m1/s1. The van der Waals surface area contributed by atoms with Crippen LogP contribution in [0.5, 0.6) is 17.2 Å². The van der Waals surface area contributed by atoms with Crippen LogP contribution in [0.15, 0.2) is 48.7 Å². The van der Waals surface area contributed by atoms with Crippen molar-refractivity contribution in [1.29, 1.82) is 0 Å². The lowest BCUT2D eigenvalue weighted by Crippen LogP contribution is -2.34. The van der Waals surface area contributed by atoms with E-state index in [4.69, 9.17) is 25.8 Å². The molecule has 11 heteroatoms. The summed E-state index contributed by atoms with van der Waals surface area (Å²) < 4.78 is 32.8. The third kappa shape index (κ3) is 4.54. The van der Waals surface area contributed by atoms with E-state index in [-0.39, 0.29) is 5.92 Å². The Morgan fingerprint density at radius 1 is 1.18 bits per heavy atom. The van der Waals surface area contributed by atoms with Gasteiger partial charge in [-0.15, -0.1) is 10.2 Å². The molecule has 4 heterocycles. The molecule has 2 aliphatic rings. The molecule has 2 aliphatic heterocycles. The number of benzene rings is 2. The van der Waals surface area contributed by atoms with Crippen LogP contribution >= 0.6 is 11.6 Å². The Hall–Kier alpha value is -3.76. The van der Waals surface area contributed by atoms with Gasteiger partial charge < -0.3 is 14.2 Å². The summed E-state index contributed by atoms with van der Waals surface area (Å²) in [6, 6.07) is 12.3.